The molecule has 5 rings (SSSR count). The lowest BCUT2D eigenvalue weighted by molar-refractivity contribution is -0.389. The van der Waals surface area contributed by atoms with Gasteiger partial charge in [-0.25, -0.2) is 4.79 Å². The third-order valence-electron chi connectivity index (χ3n) is 9.21. The number of ether oxygens (including phenoxy) is 2. The second kappa shape index (κ2) is 13.6. The zero-order chi connectivity index (χ0) is 35.8. The van der Waals surface area contributed by atoms with Crippen molar-refractivity contribution in [2.45, 2.75) is 63.5 Å². The minimum atomic E-state index is -5.79. The summed E-state index contributed by atoms with van der Waals surface area (Å²) in [6.07, 6.45) is -7.56. The highest BCUT2D eigenvalue weighted by Crippen LogP contribution is 2.53. The van der Waals surface area contributed by atoms with Crippen LogP contribution in [0.2, 0.25) is 0 Å². The second-order valence-electron chi connectivity index (χ2n) is 12.4. The van der Waals surface area contributed by atoms with Gasteiger partial charge in [0.1, 0.15) is 17.8 Å². The average molecular weight is 697 g/mol. The number of fused-ring (bicyclic) bond motifs is 1. The number of amides is 4. The molecule has 2 aromatic carbocycles. The van der Waals surface area contributed by atoms with E-state index in [2.05, 4.69) is 10.1 Å². The highest BCUT2D eigenvalue weighted by atomic mass is 19.4. The Balaban J connectivity index is 1.30. The number of allylic oxidation sites excluding steroid dienone is 1. The number of carbonyl (C=O) groups is 3. The monoisotopic (exact) mass is 696 g/mol. The molecule has 0 radical (unpaired) electrons. The van der Waals surface area contributed by atoms with Gasteiger partial charge in [-0.2, -0.15) is 26.3 Å². The van der Waals surface area contributed by atoms with Gasteiger partial charge in [0.25, 0.3) is 11.5 Å². The number of halogens is 6. The number of rotatable bonds is 10. The average Bonchev–Trinajstić information content (AvgIpc) is 3.60. The first-order valence-electron chi connectivity index (χ1n) is 16.0. The molecule has 3 aliphatic heterocycles. The van der Waals surface area contributed by atoms with E-state index < -0.39 is 60.1 Å². The van der Waals surface area contributed by atoms with Crippen LogP contribution in [0.3, 0.4) is 0 Å². The van der Waals surface area contributed by atoms with Crippen LogP contribution in [0.15, 0.2) is 42.5 Å². The van der Waals surface area contributed by atoms with Crippen molar-refractivity contribution in [3.63, 3.8) is 0 Å². The number of hydrogen-bond acceptors (Lipinski definition) is 6. The van der Waals surface area contributed by atoms with Crippen LogP contribution < -0.4 is 15.0 Å². The van der Waals surface area contributed by atoms with Crippen molar-refractivity contribution in [1.82, 2.24) is 15.1 Å². The van der Waals surface area contributed by atoms with Gasteiger partial charge in [0.15, 0.2) is 0 Å². The normalized spacial score (nSPS) is 20.2. The molecule has 0 spiro atoms. The standard InChI is InChI=1S/C34H38F6N4O5/c1-4-6-17-49-32(33(35,36)37,34(38,39)40)25-10-11-26(23(19-25)7-5-2)42-13-15-43(16-14-42)28(45)21-44-29(46)31(3,41-30(44)47)24-9-8-22-12-18-48-27(22)20-24/h5,7-11,19-20H,4,6,12-18,21H2,1-3H3,(H,41,47)/b7-5-. The number of benzene rings is 2. The van der Waals surface area contributed by atoms with E-state index in [9.17, 15) is 40.7 Å². The van der Waals surface area contributed by atoms with Crippen molar-refractivity contribution in [3.8, 4) is 5.75 Å². The van der Waals surface area contributed by atoms with Gasteiger partial charge in [0.2, 0.25) is 5.91 Å². The molecule has 4 amide bonds. The second-order valence-corrected chi connectivity index (χ2v) is 12.4. The van der Waals surface area contributed by atoms with Gasteiger partial charge in [-0.15, -0.1) is 0 Å². The fraction of sp³-hybridized carbons (Fsp3) is 0.500. The molecule has 2 fully saturated rings. The molecule has 2 saturated heterocycles. The van der Waals surface area contributed by atoms with Crippen molar-refractivity contribution in [1.29, 1.82) is 0 Å². The van der Waals surface area contributed by atoms with Crippen LogP contribution in [0, 0.1) is 0 Å². The maximum atomic E-state index is 14.3. The summed E-state index contributed by atoms with van der Waals surface area (Å²) in [5.41, 5.74) is -4.98. The lowest BCUT2D eigenvalue weighted by atomic mass is 9.89. The minimum absolute atomic E-state index is 0.0106. The number of unbranched alkanes of at least 4 members (excludes halogenated alkanes) is 1. The number of nitrogens with one attached hydrogen (secondary N) is 1. The Labute approximate surface area is 279 Å². The van der Waals surface area contributed by atoms with E-state index in [1.807, 2.05) is 6.07 Å². The summed E-state index contributed by atoms with van der Waals surface area (Å²) in [6, 6.07) is 7.42. The quantitative estimate of drug-likeness (QED) is 0.189. The largest absolute Gasteiger partial charge is 0.493 e. The van der Waals surface area contributed by atoms with Crippen molar-refractivity contribution in [2.75, 3.05) is 50.8 Å². The Kier molecular flexibility index (Phi) is 9.97. The lowest BCUT2D eigenvalue weighted by Crippen LogP contribution is -2.56. The van der Waals surface area contributed by atoms with E-state index in [0.717, 1.165) is 29.0 Å². The maximum absolute atomic E-state index is 14.3. The molecule has 49 heavy (non-hydrogen) atoms. The van der Waals surface area contributed by atoms with E-state index >= 15 is 0 Å². The molecular weight excluding hydrogens is 658 g/mol. The third-order valence-corrected chi connectivity index (χ3v) is 9.21. The van der Waals surface area contributed by atoms with Gasteiger partial charge >= 0.3 is 18.4 Å². The number of piperazine rings is 1. The van der Waals surface area contributed by atoms with Crippen LogP contribution >= 0.6 is 0 Å². The third kappa shape index (κ3) is 6.56. The summed E-state index contributed by atoms with van der Waals surface area (Å²) in [7, 11) is 0. The van der Waals surface area contributed by atoms with Crippen molar-refractivity contribution in [2.24, 2.45) is 0 Å². The van der Waals surface area contributed by atoms with Crippen LogP contribution in [-0.4, -0.2) is 85.9 Å². The number of hydrogen-bond donors (Lipinski definition) is 1. The van der Waals surface area contributed by atoms with Gasteiger partial charge in [-0.1, -0.05) is 43.7 Å². The number of imide groups is 1. The van der Waals surface area contributed by atoms with E-state index in [0.29, 0.717) is 30.0 Å². The van der Waals surface area contributed by atoms with Crippen LogP contribution in [0.5, 0.6) is 5.75 Å². The summed E-state index contributed by atoms with van der Waals surface area (Å²) >= 11 is 0. The summed E-state index contributed by atoms with van der Waals surface area (Å²) in [5.74, 6) is -0.440. The predicted octanol–water partition coefficient (Wildman–Crippen LogP) is 5.91. The highest BCUT2D eigenvalue weighted by molar-refractivity contribution is 6.09. The van der Waals surface area contributed by atoms with Crippen molar-refractivity contribution in [3.05, 3.63) is 64.7 Å². The lowest BCUT2D eigenvalue weighted by Gasteiger charge is -2.39. The Morgan fingerprint density at radius 3 is 2.35 bits per heavy atom. The van der Waals surface area contributed by atoms with Gasteiger partial charge in [0.05, 0.1) is 6.61 Å². The maximum Gasteiger partial charge on any atom is 0.430 e. The molecule has 1 atom stereocenters. The van der Waals surface area contributed by atoms with Gasteiger partial charge in [0, 0.05) is 50.5 Å². The Morgan fingerprint density at radius 1 is 1.02 bits per heavy atom. The Morgan fingerprint density at radius 2 is 1.71 bits per heavy atom. The first-order valence-corrected chi connectivity index (χ1v) is 16.0. The van der Waals surface area contributed by atoms with E-state index in [1.54, 1.807) is 37.8 Å². The summed E-state index contributed by atoms with van der Waals surface area (Å²) in [4.78, 5) is 43.7. The first-order chi connectivity index (χ1) is 23.1. The zero-order valence-corrected chi connectivity index (χ0v) is 27.3. The van der Waals surface area contributed by atoms with Crippen molar-refractivity contribution < 1.29 is 50.2 Å². The first kappa shape index (κ1) is 36.0. The molecule has 266 valence electrons. The number of urea groups is 1. The van der Waals surface area contributed by atoms with Crippen LogP contribution in [0.25, 0.3) is 6.08 Å². The van der Waals surface area contributed by atoms with Crippen molar-refractivity contribution >= 4 is 29.6 Å². The summed E-state index contributed by atoms with van der Waals surface area (Å²) in [6.45, 7) is 4.71. The molecule has 3 aliphatic rings. The molecule has 0 aromatic heterocycles. The number of carbonyl (C=O) groups excluding carboxylic acids is 3. The fourth-order valence-electron chi connectivity index (χ4n) is 6.42. The number of alkyl halides is 6. The summed E-state index contributed by atoms with van der Waals surface area (Å²) < 4.78 is 96.0. The Hall–Kier alpha value is -4.27. The SMILES string of the molecule is C/C=C\c1cc(C(OCCCC)(C(F)(F)F)C(F)(F)F)ccc1N1CCN(C(=O)CN2C(=O)NC(C)(c3ccc4c(c3)OCC4)C2=O)CC1. The van der Waals surface area contributed by atoms with E-state index in [4.69, 9.17) is 4.74 Å². The van der Waals surface area contributed by atoms with Gasteiger partial charge < -0.3 is 24.6 Å². The van der Waals surface area contributed by atoms with Gasteiger partial charge in [-0.05, 0) is 55.2 Å². The molecule has 2 aromatic rings. The van der Waals surface area contributed by atoms with Crippen LogP contribution in [-0.2, 0) is 31.9 Å². The molecule has 9 nitrogen and oxygen atoms in total. The zero-order valence-electron chi connectivity index (χ0n) is 27.3. The molecule has 15 heteroatoms. The fourth-order valence-corrected chi connectivity index (χ4v) is 6.42. The molecule has 3 heterocycles. The molecular formula is C34H38F6N4O5. The molecule has 1 unspecified atom stereocenters. The predicted molar refractivity (Wildman–Crippen MR) is 168 cm³/mol. The smallest absolute Gasteiger partial charge is 0.430 e. The molecule has 0 saturated carbocycles. The molecule has 1 N–H and O–H groups in total. The Bertz CT molecular complexity index is 1600. The summed E-state index contributed by atoms with van der Waals surface area (Å²) in [5, 5.41) is 2.69. The minimum Gasteiger partial charge on any atom is -0.493 e. The van der Waals surface area contributed by atoms with E-state index in [1.165, 1.54) is 23.1 Å². The van der Waals surface area contributed by atoms with E-state index in [-0.39, 0.29) is 38.2 Å². The highest BCUT2D eigenvalue weighted by Gasteiger charge is 2.73. The van der Waals surface area contributed by atoms with Crippen LogP contribution in [0.1, 0.15) is 55.9 Å². The number of anilines is 1. The van der Waals surface area contributed by atoms with Gasteiger partial charge in [-0.3, -0.25) is 14.5 Å². The van der Waals surface area contributed by atoms with Crippen LogP contribution in [0.4, 0.5) is 36.8 Å². The topological polar surface area (TPSA) is 91.4 Å². The molecule has 0 bridgehead atoms. The molecule has 0 aliphatic carbocycles. The number of nitrogens with zero attached hydrogens (tertiary/aromatic N) is 3.